The Morgan fingerprint density at radius 1 is 1.47 bits per heavy atom. The summed E-state index contributed by atoms with van der Waals surface area (Å²) in [6.45, 7) is 7.62. The molecule has 1 fully saturated rings. The summed E-state index contributed by atoms with van der Waals surface area (Å²) in [7, 11) is 0. The van der Waals surface area contributed by atoms with Crippen LogP contribution in [0.2, 0.25) is 0 Å². The van der Waals surface area contributed by atoms with Gasteiger partial charge in [0.25, 0.3) is 0 Å². The van der Waals surface area contributed by atoms with E-state index in [4.69, 9.17) is 5.73 Å². The van der Waals surface area contributed by atoms with Gasteiger partial charge in [-0.15, -0.1) is 0 Å². The smallest absolute Gasteiger partial charge is 0.226 e. The Balaban J connectivity index is 2.45. The molecule has 0 bridgehead atoms. The van der Waals surface area contributed by atoms with Crippen molar-refractivity contribution in [2.24, 2.45) is 17.6 Å². The van der Waals surface area contributed by atoms with Gasteiger partial charge in [-0.05, 0) is 32.6 Å². The molecule has 1 aliphatic carbocycles. The summed E-state index contributed by atoms with van der Waals surface area (Å²) in [6, 6.07) is -0.0482. The van der Waals surface area contributed by atoms with Crippen LogP contribution in [0.15, 0.2) is 0 Å². The van der Waals surface area contributed by atoms with Crippen LogP contribution < -0.4 is 5.73 Å². The molecule has 15 heavy (non-hydrogen) atoms. The lowest BCUT2D eigenvalue weighted by atomic mass is 9.85. The van der Waals surface area contributed by atoms with Crippen LogP contribution in [0.1, 0.15) is 40.0 Å². The van der Waals surface area contributed by atoms with E-state index in [9.17, 15) is 4.79 Å². The van der Waals surface area contributed by atoms with Crippen molar-refractivity contribution in [2.45, 2.75) is 46.1 Å². The van der Waals surface area contributed by atoms with Crippen LogP contribution in [-0.2, 0) is 4.79 Å². The standard InChI is InChI=1S/C12H24N2O/c1-4-14(8-11-6-5-7-11)12(15)9(2)10(3)13/h9-11H,4-8,13H2,1-3H3. The van der Waals surface area contributed by atoms with Crippen LogP contribution >= 0.6 is 0 Å². The van der Waals surface area contributed by atoms with Crippen molar-refractivity contribution in [1.29, 1.82) is 0 Å². The quantitative estimate of drug-likeness (QED) is 0.752. The van der Waals surface area contributed by atoms with E-state index < -0.39 is 0 Å². The van der Waals surface area contributed by atoms with Crippen molar-refractivity contribution in [1.82, 2.24) is 4.90 Å². The first-order valence-corrected chi connectivity index (χ1v) is 6.10. The third-order valence-corrected chi connectivity index (χ3v) is 3.57. The van der Waals surface area contributed by atoms with Gasteiger partial charge < -0.3 is 10.6 Å². The molecule has 1 rings (SSSR count). The molecule has 0 heterocycles. The van der Waals surface area contributed by atoms with E-state index in [1.54, 1.807) is 0 Å². The highest BCUT2D eigenvalue weighted by molar-refractivity contribution is 5.79. The Labute approximate surface area is 93.0 Å². The molecule has 2 unspecified atom stereocenters. The molecule has 1 amide bonds. The van der Waals surface area contributed by atoms with Crippen LogP contribution in [0.3, 0.4) is 0 Å². The zero-order valence-electron chi connectivity index (χ0n) is 10.2. The number of nitrogens with two attached hydrogens (primary N) is 1. The maximum absolute atomic E-state index is 12.0. The van der Waals surface area contributed by atoms with Gasteiger partial charge in [0.15, 0.2) is 0 Å². The van der Waals surface area contributed by atoms with E-state index in [2.05, 4.69) is 0 Å². The maximum Gasteiger partial charge on any atom is 0.226 e. The van der Waals surface area contributed by atoms with Gasteiger partial charge in [-0.2, -0.15) is 0 Å². The molecule has 0 spiro atoms. The molecule has 0 aromatic carbocycles. The monoisotopic (exact) mass is 212 g/mol. The SMILES string of the molecule is CCN(CC1CCC1)C(=O)C(C)C(C)N. The van der Waals surface area contributed by atoms with E-state index in [0.717, 1.165) is 19.0 Å². The summed E-state index contributed by atoms with van der Waals surface area (Å²) in [5, 5.41) is 0. The largest absolute Gasteiger partial charge is 0.342 e. The summed E-state index contributed by atoms with van der Waals surface area (Å²) in [6.07, 6.45) is 3.91. The highest BCUT2D eigenvalue weighted by Gasteiger charge is 2.26. The fourth-order valence-electron chi connectivity index (χ4n) is 1.87. The molecule has 0 aromatic heterocycles. The van der Waals surface area contributed by atoms with Crippen molar-refractivity contribution >= 4 is 5.91 Å². The summed E-state index contributed by atoms with van der Waals surface area (Å²) in [5.74, 6) is 0.915. The van der Waals surface area contributed by atoms with Crippen molar-refractivity contribution in [3.8, 4) is 0 Å². The fourth-order valence-corrected chi connectivity index (χ4v) is 1.87. The summed E-state index contributed by atoms with van der Waals surface area (Å²) in [5.41, 5.74) is 5.76. The molecule has 0 aromatic rings. The van der Waals surface area contributed by atoms with Gasteiger partial charge in [-0.3, -0.25) is 4.79 Å². The minimum atomic E-state index is -0.0509. The van der Waals surface area contributed by atoms with Gasteiger partial charge >= 0.3 is 0 Å². The number of rotatable bonds is 5. The summed E-state index contributed by atoms with van der Waals surface area (Å²) in [4.78, 5) is 14.0. The van der Waals surface area contributed by atoms with E-state index in [0.29, 0.717) is 0 Å². The lowest BCUT2D eigenvalue weighted by Gasteiger charge is -2.33. The molecule has 0 radical (unpaired) electrons. The first-order chi connectivity index (χ1) is 7.06. The molecule has 0 saturated heterocycles. The lowest BCUT2D eigenvalue weighted by Crippen LogP contribution is -2.44. The van der Waals surface area contributed by atoms with Crippen molar-refractivity contribution in [3.05, 3.63) is 0 Å². The molecular formula is C12H24N2O. The Kier molecular flexibility index (Phi) is 4.58. The van der Waals surface area contributed by atoms with Gasteiger partial charge in [-0.25, -0.2) is 0 Å². The third kappa shape index (κ3) is 3.20. The minimum absolute atomic E-state index is 0.0482. The highest BCUT2D eigenvalue weighted by Crippen LogP contribution is 2.27. The van der Waals surface area contributed by atoms with Gasteiger partial charge in [0.1, 0.15) is 0 Å². The van der Waals surface area contributed by atoms with Crippen molar-refractivity contribution in [2.75, 3.05) is 13.1 Å². The molecule has 88 valence electrons. The fraction of sp³-hybridized carbons (Fsp3) is 0.917. The predicted molar refractivity (Wildman–Crippen MR) is 62.4 cm³/mol. The second-order valence-electron chi connectivity index (χ2n) is 4.82. The topological polar surface area (TPSA) is 46.3 Å². The second-order valence-corrected chi connectivity index (χ2v) is 4.82. The summed E-state index contributed by atoms with van der Waals surface area (Å²) >= 11 is 0. The first kappa shape index (κ1) is 12.5. The van der Waals surface area contributed by atoms with Crippen LogP contribution in [0.4, 0.5) is 0 Å². The molecule has 3 nitrogen and oxygen atoms in total. The number of amides is 1. The Morgan fingerprint density at radius 2 is 2.07 bits per heavy atom. The second kappa shape index (κ2) is 5.50. The highest BCUT2D eigenvalue weighted by atomic mass is 16.2. The predicted octanol–water partition coefficient (Wildman–Crippen LogP) is 1.62. The van der Waals surface area contributed by atoms with E-state index in [1.165, 1.54) is 19.3 Å². The van der Waals surface area contributed by atoms with Gasteiger partial charge in [0, 0.05) is 19.1 Å². The first-order valence-electron chi connectivity index (χ1n) is 6.10. The van der Waals surface area contributed by atoms with Crippen LogP contribution in [0, 0.1) is 11.8 Å². The van der Waals surface area contributed by atoms with Crippen LogP contribution in [0.25, 0.3) is 0 Å². The number of carbonyl (C=O) groups is 1. The third-order valence-electron chi connectivity index (χ3n) is 3.57. The van der Waals surface area contributed by atoms with Gasteiger partial charge in [0.2, 0.25) is 5.91 Å². The van der Waals surface area contributed by atoms with Crippen molar-refractivity contribution < 1.29 is 4.79 Å². The van der Waals surface area contributed by atoms with E-state index >= 15 is 0 Å². The Bertz CT molecular complexity index is 212. The van der Waals surface area contributed by atoms with E-state index in [1.807, 2.05) is 25.7 Å². The molecule has 3 heteroatoms. The number of hydrogen-bond donors (Lipinski definition) is 1. The Hall–Kier alpha value is -0.570. The van der Waals surface area contributed by atoms with Gasteiger partial charge in [-0.1, -0.05) is 13.3 Å². The van der Waals surface area contributed by atoms with Crippen molar-refractivity contribution in [3.63, 3.8) is 0 Å². The summed E-state index contributed by atoms with van der Waals surface area (Å²) < 4.78 is 0. The average Bonchev–Trinajstić information content (AvgIpc) is 2.14. The average molecular weight is 212 g/mol. The number of nitrogens with zero attached hydrogens (tertiary/aromatic N) is 1. The zero-order chi connectivity index (χ0) is 11.4. The Morgan fingerprint density at radius 3 is 2.40 bits per heavy atom. The van der Waals surface area contributed by atoms with Crippen LogP contribution in [-0.4, -0.2) is 29.9 Å². The van der Waals surface area contributed by atoms with E-state index in [-0.39, 0.29) is 17.9 Å². The normalized spacial score (nSPS) is 20.5. The molecule has 2 N–H and O–H groups in total. The number of carbonyl (C=O) groups excluding carboxylic acids is 1. The molecule has 1 aliphatic rings. The zero-order valence-corrected chi connectivity index (χ0v) is 10.2. The molecule has 1 saturated carbocycles. The minimum Gasteiger partial charge on any atom is -0.342 e. The molecule has 2 atom stereocenters. The lowest BCUT2D eigenvalue weighted by molar-refractivity contribution is -0.136. The number of hydrogen-bond acceptors (Lipinski definition) is 2. The van der Waals surface area contributed by atoms with Gasteiger partial charge in [0.05, 0.1) is 5.92 Å². The maximum atomic E-state index is 12.0. The molecule has 0 aliphatic heterocycles. The van der Waals surface area contributed by atoms with Crippen LogP contribution in [0.5, 0.6) is 0 Å². The molecular weight excluding hydrogens is 188 g/mol.